The molecule has 1 unspecified atom stereocenters. The van der Waals surface area contributed by atoms with Crippen LogP contribution >= 0.6 is 0 Å². The zero-order valence-corrected chi connectivity index (χ0v) is 11.2. The van der Waals surface area contributed by atoms with E-state index in [-0.39, 0.29) is 12.5 Å². The van der Waals surface area contributed by atoms with Crippen LogP contribution < -0.4 is 5.32 Å². The van der Waals surface area contributed by atoms with Gasteiger partial charge in [-0.25, -0.2) is 0 Å². The van der Waals surface area contributed by atoms with E-state index in [0.29, 0.717) is 12.1 Å². The Balaban J connectivity index is 2.11. The van der Waals surface area contributed by atoms with Crippen molar-refractivity contribution in [3.05, 3.63) is 29.5 Å². The van der Waals surface area contributed by atoms with Crippen LogP contribution in [0, 0.1) is 6.92 Å². The van der Waals surface area contributed by atoms with Gasteiger partial charge in [0.15, 0.2) is 5.69 Å². The molecule has 1 aromatic carbocycles. The van der Waals surface area contributed by atoms with Gasteiger partial charge in [0.25, 0.3) is 5.91 Å². The Kier molecular flexibility index (Phi) is 4.16. The maximum Gasteiger partial charge on any atom is 0.272 e. The van der Waals surface area contributed by atoms with E-state index in [9.17, 15) is 9.90 Å². The molecule has 5 nitrogen and oxygen atoms in total. The van der Waals surface area contributed by atoms with E-state index in [1.54, 1.807) is 0 Å². The number of nitrogens with zero attached hydrogens (tertiary/aromatic N) is 1. The lowest BCUT2D eigenvalue weighted by atomic mass is 10.1. The van der Waals surface area contributed by atoms with Crippen LogP contribution in [0.2, 0.25) is 0 Å². The second-order valence-corrected chi connectivity index (χ2v) is 4.77. The highest BCUT2D eigenvalue weighted by Crippen LogP contribution is 2.17. The summed E-state index contributed by atoms with van der Waals surface area (Å²) in [5.74, 6) is -0.257. The largest absolute Gasteiger partial charge is 0.391 e. The first kappa shape index (κ1) is 13.5. The second-order valence-electron chi connectivity index (χ2n) is 4.77. The molecule has 5 heteroatoms. The molecule has 0 aliphatic carbocycles. The van der Waals surface area contributed by atoms with Crippen LogP contribution in [0.4, 0.5) is 0 Å². The Morgan fingerprint density at radius 3 is 3.05 bits per heavy atom. The fourth-order valence-electron chi connectivity index (χ4n) is 2.03. The lowest BCUT2D eigenvalue weighted by Gasteiger charge is -2.09. The highest BCUT2D eigenvalue weighted by molar-refractivity contribution is 6.04. The molecule has 3 N–H and O–H groups in total. The Bertz CT molecular complexity index is 577. The van der Waals surface area contributed by atoms with Gasteiger partial charge in [0.2, 0.25) is 0 Å². The van der Waals surface area contributed by atoms with Crippen LogP contribution in [0.5, 0.6) is 0 Å². The number of aliphatic hydroxyl groups excluding tert-OH is 1. The van der Waals surface area contributed by atoms with Gasteiger partial charge in [0, 0.05) is 11.9 Å². The normalized spacial score (nSPS) is 12.6. The van der Waals surface area contributed by atoms with Crippen molar-refractivity contribution in [1.29, 1.82) is 0 Å². The van der Waals surface area contributed by atoms with E-state index in [1.165, 1.54) is 0 Å². The van der Waals surface area contributed by atoms with Crippen molar-refractivity contribution in [2.45, 2.75) is 32.8 Å². The minimum Gasteiger partial charge on any atom is -0.391 e. The molecular weight excluding hydrogens is 242 g/mol. The van der Waals surface area contributed by atoms with Crippen molar-refractivity contribution in [2.75, 3.05) is 6.54 Å². The lowest BCUT2D eigenvalue weighted by Crippen LogP contribution is -2.32. The first-order chi connectivity index (χ1) is 9.11. The van der Waals surface area contributed by atoms with Crippen LogP contribution in [0.15, 0.2) is 18.2 Å². The summed E-state index contributed by atoms with van der Waals surface area (Å²) in [5, 5.41) is 20.0. The highest BCUT2D eigenvalue weighted by Gasteiger charge is 2.15. The summed E-state index contributed by atoms with van der Waals surface area (Å²) in [6.07, 6.45) is 1.07. The van der Waals surface area contributed by atoms with Gasteiger partial charge < -0.3 is 10.4 Å². The number of aromatic amines is 1. The third-order valence-corrected chi connectivity index (χ3v) is 3.05. The number of aliphatic hydroxyl groups is 1. The molecule has 1 heterocycles. The zero-order chi connectivity index (χ0) is 13.8. The molecule has 1 aromatic heterocycles. The van der Waals surface area contributed by atoms with E-state index < -0.39 is 6.10 Å². The average molecular weight is 261 g/mol. The van der Waals surface area contributed by atoms with Crippen molar-refractivity contribution in [3.8, 4) is 0 Å². The number of fused-ring (bicyclic) bond motifs is 1. The maximum atomic E-state index is 12.0. The second kappa shape index (κ2) is 5.84. The van der Waals surface area contributed by atoms with Gasteiger partial charge in [-0.2, -0.15) is 5.10 Å². The average Bonchev–Trinajstić information content (AvgIpc) is 2.79. The maximum absolute atomic E-state index is 12.0. The number of carbonyl (C=O) groups excluding carboxylic acids is 1. The number of carbonyl (C=O) groups is 1. The van der Waals surface area contributed by atoms with E-state index in [1.807, 2.05) is 32.0 Å². The lowest BCUT2D eigenvalue weighted by molar-refractivity contribution is 0.0907. The summed E-state index contributed by atoms with van der Waals surface area (Å²) in [4.78, 5) is 12.0. The van der Waals surface area contributed by atoms with Gasteiger partial charge in [0.1, 0.15) is 0 Å². The first-order valence-corrected chi connectivity index (χ1v) is 6.52. The minimum atomic E-state index is -0.499. The molecule has 102 valence electrons. The van der Waals surface area contributed by atoms with E-state index >= 15 is 0 Å². The zero-order valence-electron chi connectivity index (χ0n) is 11.2. The number of rotatable bonds is 5. The molecule has 0 saturated heterocycles. The monoisotopic (exact) mass is 261 g/mol. The fraction of sp³-hybridized carbons (Fsp3) is 0.429. The number of hydrogen-bond acceptors (Lipinski definition) is 3. The van der Waals surface area contributed by atoms with Crippen molar-refractivity contribution in [3.63, 3.8) is 0 Å². The number of aromatic nitrogens is 2. The number of amides is 1. The van der Waals surface area contributed by atoms with E-state index in [2.05, 4.69) is 15.5 Å². The smallest absolute Gasteiger partial charge is 0.272 e. The van der Waals surface area contributed by atoms with Gasteiger partial charge >= 0.3 is 0 Å². The number of benzene rings is 1. The molecule has 0 radical (unpaired) electrons. The third kappa shape index (κ3) is 3.12. The molecule has 2 aromatic rings. The molecule has 2 rings (SSSR count). The van der Waals surface area contributed by atoms with Crippen LogP contribution in [-0.4, -0.2) is 33.9 Å². The predicted octanol–water partition coefficient (Wildman–Crippen LogP) is 1.76. The standard InChI is InChI=1S/C14H19N3O2/c1-3-4-10(18)8-15-14(19)13-11-7-9(2)5-6-12(11)16-17-13/h5-7,10,18H,3-4,8H2,1-2H3,(H,15,19)(H,16,17). The highest BCUT2D eigenvalue weighted by atomic mass is 16.3. The Morgan fingerprint density at radius 1 is 1.53 bits per heavy atom. The summed E-state index contributed by atoms with van der Waals surface area (Å²) in [6.45, 7) is 4.22. The number of hydrogen-bond donors (Lipinski definition) is 3. The Labute approximate surface area is 112 Å². The predicted molar refractivity (Wildman–Crippen MR) is 74.1 cm³/mol. The van der Waals surface area contributed by atoms with Gasteiger partial charge in [-0.1, -0.05) is 25.0 Å². The topological polar surface area (TPSA) is 78.0 Å². The molecule has 1 amide bonds. The molecule has 0 aliphatic heterocycles. The summed E-state index contributed by atoms with van der Waals surface area (Å²) in [6, 6.07) is 5.80. The Hall–Kier alpha value is -1.88. The van der Waals surface area contributed by atoms with Crippen LogP contribution in [-0.2, 0) is 0 Å². The number of H-pyrrole nitrogens is 1. The Morgan fingerprint density at radius 2 is 2.32 bits per heavy atom. The SMILES string of the molecule is CCCC(O)CNC(=O)c1n[nH]c2ccc(C)cc12. The molecule has 0 bridgehead atoms. The fourth-order valence-corrected chi connectivity index (χ4v) is 2.03. The van der Waals surface area contributed by atoms with Gasteiger partial charge in [-0.05, 0) is 25.5 Å². The summed E-state index contributed by atoms with van der Waals surface area (Å²) >= 11 is 0. The molecule has 0 spiro atoms. The first-order valence-electron chi connectivity index (χ1n) is 6.52. The van der Waals surface area contributed by atoms with Crippen LogP contribution in [0.3, 0.4) is 0 Å². The van der Waals surface area contributed by atoms with Crippen molar-refractivity contribution in [1.82, 2.24) is 15.5 Å². The van der Waals surface area contributed by atoms with Gasteiger partial charge in [-0.15, -0.1) is 0 Å². The molecule has 0 aliphatic rings. The molecule has 19 heavy (non-hydrogen) atoms. The van der Waals surface area contributed by atoms with Crippen LogP contribution in [0.1, 0.15) is 35.8 Å². The quantitative estimate of drug-likeness (QED) is 0.767. The summed E-state index contributed by atoms with van der Waals surface area (Å²) < 4.78 is 0. The van der Waals surface area contributed by atoms with Gasteiger partial charge in [0.05, 0.1) is 11.6 Å². The van der Waals surface area contributed by atoms with Crippen molar-refractivity contribution in [2.24, 2.45) is 0 Å². The van der Waals surface area contributed by atoms with Gasteiger partial charge in [-0.3, -0.25) is 9.89 Å². The molecule has 1 atom stereocenters. The summed E-state index contributed by atoms with van der Waals surface area (Å²) in [5.41, 5.74) is 2.29. The molecule has 0 saturated carbocycles. The van der Waals surface area contributed by atoms with E-state index in [4.69, 9.17) is 0 Å². The van der Waals surface area contributed by atoms with E-state index in [0.717, 1.165) is 22.9 Å². The third-order valence-electron chi connectivity index (χ3n) is 3.05. The van der Waals surface area contributed by atoms with Crippen LogP contribution in [0.25, 0.3) is 10.9 Å². The molecular formula is C14H19N3O2. The van der Waals surface area contributed by atoms with Crippen molar-refractivity contribution < 1.29 is 9.90 Å². The number of aryl methyl sites for hydroxylation is 1. The summed E-state index contributed by atoms with van der Waals surface area (Å²) in [7, 11) is 0. The molecule has 0 fully saturated rings. The minimum absolute atomic E-state index is 0.257. The number of nitrogens with one attached hydrogen (secondary N) is 2. The van der Waals surface area contributed by atoms with Crippen molar-refractivity contribution >= 4 is 16.8 Å².